The van der Waals surface area contributed by atoms with E-state index in [2.05, 4.69) is 53.4 Å². The fourth-order valence-electron chi connectivity index (χ4n) is 4.29. The first-order valence-electron chi connectivity index (χ1n) is 9.30. The Labute approximate surface area is 162 Å². The zero-order chi connectivity index (χ0) is 17.3. The normalized spacial score (nSPS) is 23.3. The van der Waals surface area contributed by atoms with E-state index in [0.717, 1.165) is 32.4 Å². The van der Waals surface area contributed by atoms with E-state index in [1.165, 1.54) is 11.1 Å². The Bertz CT molecular complexity index is 730. The average molecular weight is 371 g/mol. The van der Waals surface area contributed by atoms with Crippen molar-refractivity contribution in [3.63, 3.8) is 0 Å². The quantitative estimate of drug-likeness (QED) is 0.873. The summed E-state index contributed by atoms with van der Waals surface area (Å²) in [7, 11) is 0. The highest BCUT2D eigenvalue weighted by Crippen LogP contribution is 2.51. The molecule has 1 heterocycles. The molecule has 1 aliphatic heterocycles. The summed E-state index contributed by atoms with van der Waals surface area (Å²) in [5.74, 6) is 1.06. The number of benzene rings is 2. The van der Waals surface area contributed by atoms with E-state index in [1.54, 1.807) is 0 Å². The van der Waals surface area contributed by atoms with Crippen molar-refractivity contribution in [3.05, 3.63) is 71.8 Å². The van der Waals surface area contributed by atoms with E-state index in [-0.39, 0.29) is 17.8 Å². The average Bonchev–Trinajstić information content (AvgIpc) is 3.31. The van der Waals surface area contributed by atoms with Gasteiger partial charge in [-0.3, -0.25) is 4.79 Å². The number of nitrogens with zero attached hydrogens (tertiary/aromatic N) is 1. The van der Waals surface area contributed by atoms with Crippen molar-refractivity contribution < 1.29 is 4.79 Å². The van der Waals surface area contributed by atoms with E-state index in [4.69, 9.17) is 5.73 Å². The van der Waals surface area contributed by atoms with Gasteiger partial charge in [0.25, 0.3) is 0 Å². The molecule has 2 N–H and O–H groups in total. The number of hydrogen-bond acceptors (Lipinski definition) is 2. The smallest absolute Gasteiger partial charge is 0.229 e. The highest BCUT2D eigenvalue weighted by Gasteiger charge is 2.53. The molecular weight excluding hydrogens is 344 g/mol. The summed E-state index contributed by atoms with van der Waals surface area (Å²) in [6.45, 7) is 2.24. The fourth-order valence-corrected chi connectivity index (χ4v) is 4.29. The first kappa shape index (κ1) is 18.9. The summed E-state index contributed by atoms with van der Waals surface area (Å²) in [6, 6.07) is 20.9. The third-order valence-electron chi connectivity index (χ3n) is 5.95. The van der Waals surface area contributed by atoms with Gasteiger partial charge in [-0.2, -0.15) is 0 Å². The lowest BCUT2D eigenvalue weighted by atomic mass is 9.89. The Morgan fingerprint density at radius 1 is 1.00 bits per heavy atom. The van der Waals surface area contributed by atoms with Gasteiger partial charge < -0.3 is 10.6 Å². The second-order valence-electron chi connectivity index (χ2n) is 7.67. The Morgan fingerprint density at radius 2 is 1.62 bits per heavy atom. The van der Waals surface area contributed by atoms with Gasteiger partial charge in [0.2, 0.25) is 5.91 Å². The number of likely N-dealkylation sites (tertiary alicyclic amines) is 1. The van der Waals surface area contributed by atoms with Gasteiger partial charge in [0.1, 0.15) is 0 Å². The van der Waals surface area contributed by atoms with Crippen LogP contribution in [-0.4, -0.2) is 30.4 Å². The van der Waals surface area contributed by atoms with Crippen LogP contribution < -0.4 is 5.73 Å². The molecule has 3 nitrogen and oxygen atoms in total. The van der Waals surface area contributed by atoms with Crippen LogP contribution in [0.2, 0.25) is 0 Å². The van der Waals surface area contributed by atoms with Gasteiger partial charge in [0.15, 0.2) is 0 Å². The summed E-state index contributed by atoms with van der Waals surface area (Å²) in [4.78, 5) is 15.3. The fraction of sp³-hybridized carbons (Fsp3) is 0.409. The van der Waals surface area contributed by atoms with Gasteiger partial charge in [0.05, 0.1) is 5.41 Å². The van der Waals surface area contributed by atoms with Gasteiger partial charge in [-0.25, -0.2) is 0 Å². The van der Waals surface area contributed by atoms with Crippen molar-refractivity contribution in [2.45, 2.75) is 25.2 Å². The van der Waals surface area contributed by atoms with E-state index in [0.29, 0.717) is 24.3 Å². The first-order chi connectivity index (χ1) is 12.2. The number of carbonyl (C=O) groups is 1. The predicted molar refractivity (Wildman–Crippen MR) is 107 cm³/mol. The van der Waals surface area contributed by atoms with E-state index in [9.17, 15) is 4.79 Å². The minimum atomic E-state index is -0.161. The van der Waals surface area contributed by atoms with E-state index >= 15 is 0 Å². The molecule has 1 saturated carbocycles. The molecule has 0 radical (unpaired) electrons. The third kappa shape index (κ3) is 3.65. The predicted octanol–water partition coefficient (Wildman–Crippen LogP) is 3.63. The second-order valence-corrected chi connectivity index (χ2v) is 7.67. The van der Waals surface area contributed by atoms with Crippen LogP contribution >= 0.6 is 12.4 Å². The van der Waals surface area contributed by atoms with Crippen LogP contribution in [0.1, 0.15) is 29.9 Å². The molecule has 138 valence electrons. The van der Waals surface area contributed by atoms with Crippen LogP contribution in [-0.2, 0) is 11.2 Å². The SMILES string of the molecule is Cl.NC[C@@H]1CN(C(=O)C2(Cc3ccccc3)CC2)C[C@H]1c1ccccc1. The van der Waals surface area contributed by atoms with Crippen molar-refractivity contribution in [2.75, 3.05) is 19.6 Å². The molecule has 4 rings (SSSR count). The highest BCUT2D eigenvalue weighted by molar-refractivity contribution is 5.86. The molecule has 1 amide bonds. The van der Waals surface area contributed by atoms with Crippen molar-refractivity contribution in [1.29, 1.82) is 0 Å². The van der Waals surface area contributed by atoms with Gasteiger partial charge in [-0.05, 0) is 42.9 Å². The summed E-state index contributed by atoms with van der Waals surface area (Å²) in [5, 5.41) is 0. The lowest BCUT2D eigenvalue weighted by Crippen LogP contribution is -2.37. The Hall–Kier alpha value is -1.84. The van der Waals surface area contributed by atoms with Gasteiger partial charge in [-0.1, -0.05) is 60.7 Å². The molecule has 2 aromatic carbocycles. The van der Waals surface area contributed by atoms with Crippen molar-refractivity contribution in [3.8, 4) is 0 Å². The largest absolute Gasteiger partial charge is 0.341 e. The minimum Gasteiger partial charge on any atom is -0.341 e. The lowest BCUT2D eigenvalue weighted by molar-refractivity contribution is -0.136. The minimum absolute atomic E-state index is 0. The maximum atomic E-state index is 13.3. The number of rotatable bonds is 5. The van der Waals surface area contributed by atoms with Gasteiger partial charge in [-0.15, -0.1) is 12.4 Å². The maximum Gasteiger partial charge on any atom is 0.229 e. The number of hydrogen-bond donors (Lipinski definition) is 1. The maximum absolute atomic E-state index is 13.3. The molecule has 2 atom stereocenters. The molecular formula is C22H27ClN2O. The van der Waals surface area contributed by atoms with E-state index < -0.39 is 0 Å². The summed E-state index contributed by atoms with van der Waals surface area (Å²) < 4.78 is 0. The number of nitrogens with two attached hydrogens (primary N) is 1. The van der Waals surface area contributed by atoms with Crippen molar-refractivity contribution in [2.24, 2.45) is 17.1 Å². The Morgan fingerprint density at radius 3 is 2.19 bits per heavy atom. The van der Waals surface area contributed by atoms with Crippen molar-refractivity contribution >= 4 is 18.3 Å². The van der Waals surface area contributed by atoms with Crippen LogP contribution in [0.3, 0.4) is 0 Å². The Kier molecular flexibility index (Phi) is 5.69. The first-order valence-corrected chi connectivity index (χ1v) is 9.30. The molecule has 2 aromatic rings. The van der Waals surface area contributed by atoms with Crippen LogP contribution in [0.5, 0.6) is 0 Å². The van der Waals surface area contributed by atoms with Crippen LogP contribution in [0.4, 0.5) is 0 Å². The molecule has 1 aliphatic carbocycles. The molecule has 0 bridgehead atoms. The molecule has 0 unspecified atom stereocenters. The molecule has 26 heavy (non-hydrogen) atoms. The van der Waals surface area contributed by atoms with Crippen molar-refractivity contribution in [1.82, 2.24) is 4.90 Å². The third-order valence-corrected chi connectivity index (χ3v) is 5.95. The van der Waals surface area contributed by atoms with E-state index in [1.807, 2.05) is 12.1 Å². The topological polar surface area (TPSA) is 46.3 Å². The van der Waals surface area contributed by atoms with Gasteiger partial charge in [0, 0.05) is 19.0 Å². The Balaban J connectivity index is 0.00000196. The number of carbonyl (C=O) groups excluding carboxylic acids is 1. The summed E-state index contributed by atoms with van der Waals surface area (Å²) in [5.41, 5.74) is 8.45. The molecule has 0 spiro atoms. The van der Waals surface area contributed by atoms with Crippen LogP contribution in [0.25, 0.3) is 0 Å². The molecule has 4 heteroatoms. The van der Waals surface area contributed by atoms with Gasteiger partial charge >= 0.3 is 0 Å². The van der Waals surface area contributed by atoms with Crippen LogP contribution in [0, 0.1) is 11.3 Å². The zero-order valence-electron chi connectivity index (χ0n) is 15.0. The molecule has 0 aromatic heterocycles. The second kappa shape index (κ2) is 7.81. The molecule has 2 fully saturated rings. The zero-order valence-corrected chi connectivity index (χ0v) is 15.8. The number of amides is 1. The molecule has 2 aliphatic rings. The standard InChI is InChI=1S/C22H26N2O.ClH/c23-14-19-15-24(16-20(19)18-9-5-2-6-10-18)21(25)22(11-12-22)13-17-7-3-1-4-8-17;/h1-10,19-20H,11-16,23H2;1H/t19-,20+;/m1./s1. The molecule has 1 saturated heterocycles. The highest BCUT2D eigenvalue weighted by atomic mass is 35.5. The monoisotopic (exact) mass is 370 g/mol. The summed E-state index contributed by atoms with van der Waals surface area (Å²) >= 11 is 0. The number of halogens is 1. The lowest BCUT2D eigenvalue weighted by Gasteiger charge is -2.23. The van der Waals surface area contributed by atoms with Crippen LogP contribution in [0.15, 0.2) is 60.7 Å². The summed E-state index contributed by atoms with van der Waals surface area (Å²) in [6.07, 6.45) is 2.90.